The molecule has 0 amide bonds. The van der Waals surface area contributed by atoms with Crippen LogP contribution in [-0.2, 0) is 13.5 Å². The molecule has 1 aromatic heterocycles. The SMILES string of the molecule is Cn1ncc(CC2(O)CCNCC2)n1. The van der Waals surface area contributed by atoms with Crippen LogP contribution in [0.2, 0.25) is 0 Å². The van der Waals surface area contributed by atoms with Gasteiger partial charge in [0, 0.05) is 13.5 Å². The molecule has 1 aliphatic rings. The fourth-order valence-electron chi connectivity index (χ4n) is 1.87. The Morgan fingerprint density at radius 3 is 2.86 bits per heavy atom. The van der Waals surface area contributed by atoms with E-state index in [1.807, 2.05) is 0 Å². The van der Waals surface area contributed by atoms with Gasteiger partial charge in [-0.1, -0.05) is 0 Å². The van der Waals surface area contributed by atoms with Gasteiger partial charge in [-0.15, -0.1) is 0 Å². The number of hydrogen-bond donors (Lipinski definition) is 2. The van der Waals surface area contributed by atoms with Crippen LogP contribution in [0.5, 0.6) is 0 Å². The Balaban J connectivity index is 2.01. The van der Waals surface area contributed by atoms with E-state index in [9.17, 15) is 5.11 Å². The van der Waals surface area contributed by atoms with E-state index in [-0.39, 0.29) is 0 Å². The molecule has 0 aliphatic carbocycles. The molecule has 2 N–H and O–H groups in total. The van der Waals surface area contributed by atoms with Crippen molar-refractivity contribution in [1.29, 1.82) is 0 Å². The first kappa shape index (κ1) is 9.61. The summed E-state index contributed by atoms with van der Waals surface area (Å²) in [5.41, 5.74) is 0.290. The summed E-state index contributed by atoms with van der Waals surface area (Å²) in [6, 6.07) is 0. The summed E-state index contributed by atoms with van der Waals surface area (Å²) in [6.07, 6.45) is 3.93. The molecule has 0 atom stereocenters. The number of aromatic nitrogens is 3. The number of aryl methyl sites for hydroxylation is 1. The lowest BCUT2D eigenvalue weighted by Gasteiger charge is -2.31. The second kappa shape index (κ2) is 3.67. The smallest absolute Gasteiger partial charge is 0.0855 e. The Bertz CT molecular complexity index is 304. The molecule has 1 saturated heterocycles. The number of nitrogens with zero attached hydrogens (tertiary/aromatic N) is 3. The van der Waals surface area contributed by atoms with E-state index in [1.54, 1.807) is 13.2 Å². The fourth-order valence-corrected chi connectivity index (χ4v) is 1.87. The maximum atomic E-state index is 10.2. The van der Waals surface area contributed by atoms with Crippen molar-refractivity contribution in [3.63, 3.8) is 0 Å². The van der Waals surface area contributed by atoms with Crippen molar-refractivity contribution in [2.75, 3.05) is 13.1 Å². The van der Waals surface area contributed by atoms with E-state index >= 15 is 0 Å². The Morgan fingerprint density at radius 2 is 2.29 bits per heavy atom. The quantitative estimate of drug-likeness (QED) is 0.667. The highest BCUT2D eigenvalue weighted by Gasteiger charge is 2.30. The molecule has 1 aliphatic heterocycles. The number of hydrogen-bond acceptors (Lipinski definition) is 4. The number of piperidine rings is 1. The number of nitrogens with one attached hydrogen (secondary N) is 1. The lowest BCUT2D eigenvalue weighted by molar-refractivity contribution is 0.00993. The van der Waals surface area contributed by atoms with E-state index in [0.29, 0.717) is 6.42 Å². The normalized spacial score (nSPS) is 21.0. The minimum absolute atomic E-state index is 0.582. The zero-order chi connectivity index (χ0) is 10.0. The largest absolute Gasteiger partial charge is 0.389 e. The van der Waals surface area contributed by atoms with E-state index in [2.05, 4.69) is 15.5 Å². The Hall–Kier alpha value is -0.940. The molecule has 1 fully saturated rings. The van der Waals surface area contributed by atoms with E-state index < -0.39 is 5.60 Å². The van der Waals surface area contributed by atoms with Gasteiger partial charge in [-0.05, 0) is 25.9 Å². The van der Waals surface area contributed by atoms with Gasteiger partial charge in [-0.25, -0.2) is 0 Å². The van der Waals surface area contributed by atoms with E-state index in [0.717, 1.165) is 31.6 Å². The van der Waals surface area contributed by atoms with Crippen LogP contribution < -0.4 is 5.32 Å². The van der Waals surface area contributed by atoms with E-state index in [1.165, 1.54) is 4.80 Å². The minimum Gasteiger partial charge on any atom is -0.389 e. The van der Waals surface area contributed by atoms with Crippen molar-refractivity contribution >= 4 is 0 Å². The van der Waals surface area contributed by atoms with Gasteiger partial charge in [0.25, 0.3) is 0 Å². The summed E-state index contributed by atoms with van der Waals surface area (Å²) in [6.45, 7) is 1.77. The van der Waals surface area contributed by atoms with Gasteiger partial charge in [-0.2, -0.15) is 15.0 Å². The molecule has 14 heavy (non-hydrogen) atoms. The summed E-state index contributed by atoms with van der Waals surface area (Å²) >= 11 is 0. The lowest BCUT2D eigenvalue weighted by atomic mass is 9.88. The maximum absolute atomic E-state index is 10.2. The second-order valence-corrected chi connectivity index (χ2v) is 3.98. The van der Waals surface area contributed by atoms with Crippen molar-refractivity contribution in [1.82, 2.24) is 20.3 Å². The molecule has 78 valence electrons. The third-order valence-corrected chi connectivity index (χ3v) is 2.69. The van der Waals surface area contributed by atoms with Crippen LogP contribution in [0.4, 0.5) is 0 Å². The predicted molar refractivity (Wildman–Crippen MR) is 51.8 cm³/mol. The zero-order valence-corrected chi connectivity index (χ0v) is 8.40. The third kappa shape index (κ3) is 2.10. The number of rotatable bonds is 2. The van der Waals surface area contributed by atoms with Crippen LogP contribution in [0.25, 0.3) is 0 Å². The molecular weight excluding hydrogens is 180 g/mol. The van der Waals surface area contributed by atoms with Gasteiger partial charge < -0.3 is 10.4 Å². The van der Waals surface area contributed by atoms with Crippen molar-refractivity contribution in [2.24, 2.45) is 7.05 Å². The molecule has 0 bridgehead atoms. The Morgan fingerprint density at radius 1 is 1.57 bits per heavy atom. The van der Waals surface area contributed by atoms with Crippen molar-refractivity contribution in [3.8, 4) is 0 Å². The third-order valence-electron chi connectivity index (χ3n) is 2.69. The molecule has 5 heteroatoms. The zero-order valence-electron chi connectivity index (χ0n) is 8.40. The molecule has 0 saturated carbocycles. The molecule has 0 unspecified atom stereocenters. The highest BCUT2D eigenvalue weighted by molar-refractivity contribution is 5.00. The van der Waals surface area contributed by atoms with Gasteiger partial charge >= 0.3 is 0 Å². The number of aliphatic hydroxyl groups is 1. The van der Waals surface area contributed by atoms with E-state index in [4.69, 9.17) is 0 Å². The summed E-state index contributed by atoms with van der Waals surface area (Å²) < 4.78 is 0. The molecule has 5 nitrogen and oxygen atoms in total. The summed E-state index contributed by atoms with van der Waals surface area (Å²) in [4.78, 5) is 1.53. The first-order valence-electron chi connectivity index (χ1n) is 4.96. The van der Waals surface area contributed by atoms with Crippen molar-refractivity contribution < 1.29 is 5.11 Å². The van der Waals surface area contributed by atoms with Gasteiger partial charge in [-0.3, -0.25) is 0 Å². The lowest BCUT2D eigenvalue weighted by Crippen LogP contribution is -2.43. The molecule has 0 radical (unpaired) electrons. The summed E-state index contributed by atoms with van der Waals surface area (Å²) in [7, 11) is 1.79. The highest BCUT2D eigenvalue weighted by atomic mass is 16.3. The standard InChI is InChI=1S/C9H16N4O/c1-13-11-7-8(12-13)6-9(14)2-4-10-5-3-9/h7,10,14H,2-6H2,1H3. The fraction of sp³-hybridized carbons (Fsp3) is 0.778. The van der Waals surface area contributed by atoms with Crippen molar-refractivity contribution in [2.45, 2.75) is 24.9 Å². The molecular formula is C9H16N4O. The topological polar surface area (TPSA) is 63.0 Å². The first-order valence-corrected chi connectivity index (χ1v) is 4.96. The Kier molecular flexibility index (Phi) is 2.52. The van der Waals surface area contributed by atoms with Crippen LogP contribution in [0.15, 0.2) is 6.20 Å². The predicted octanol–water partition coefficient (Wildman–Crippen LogP) is -0.528. The summed E-state index contributed by atoms with van der Waals surface area (Å²) in [5, 5.41) is 21.6. The molecule has 2 rings (SSSR count). The highest BCUT2D eigenvalue weighted by Crippen LogP contribution is 2.21. The maximum Gasteiger partial charge on any atom is 0.0855 e. The van der Waals surface area contributed by atoms with Gasteiger partial charge in [0.15, 0.2) is 0 Å². The van der Waals surface area contributed by atoms with Crippen LogP contribution in [0, 0.1) is 0 Å². The second-order valence-electron chi connectivity index (χ2n) is 3.98. The molecule has 1 aromatic rings. The van der Waals surface area contributed by atoms with Gasteiger partial charge in [0.1, 0.15) is 0 Å². The molecule has 2 heterocycles. The molecule has 0 spiro atoms. The monoisotopic (exact) mass is 196 g/mol. The van der Waals surface area contributed by atoms with Crippen LogP contribution in [-0.4, -0.2) is 38.8 Å². The Labute approximate surface area is 83.1 Å². The average Bonchev–Trinajstić information content (AvgIpc) is 2.51. The van der Waals surface area contributed by atoms with Crippen LogP contribution in [0.1, 0.15) is 18.5 Å². The minimum atomic E-state index is -0.582. The average molecular weight is 196 g/mol. The van der Waals surface area contributed by atoms with Gasteiger partial charge in [0.2, 0.25) is 0 Å². The van der Waals surface area contributed by atoms with Gasteiger partial charge in [0.05, 0.1) is 17.5 Å². The van der Waals surface area contributed by atoms with Crippen LogP contribution in [0.3, 0.4) is 0 Å². The van der Waals surface area contributed by atoms with Crippen LogP contribution >= 0.6 is 0 Å². The molecule has 0 aromatic carbocycles. The summed E-state index contributed by atoms with van der Waals surface area (Å²) in [5.74, 6) is 0. The van der Waals surface area contributed by atoms with Crippen molar-refractivity contribution in [3.05, 3.63) is 11.9 Å². The first-order chi connectivity index (χ1) is 6.68.